The lowest BCUT2D eigenvalue weighted by molar-refractivity contribution is 0.431. The molecule has 0 aliphatic heterocycles. The van der Waals surface area contributed by atoms with Crippen LogP contribution in [0, 0.1) is 5.82 Å². The van der Waals surface area contributed by atoms with E-state index in [-0.39, 0.29) is 11.1 Å². The normalized spacial score (nSPS) is 13.0. The smallest absolute Gasteiger partial charge is 0.170 e. The van der Waals surface area contributed by atoms with E-state index in [0.29, 0.717) is 5.56 Å². The third kappa shape index (κ3) is 1.68. The van der Waals surface area contributed by atoms with Crippen molar-refractivity contribution in [2.45, 2.75) is 13.0 Å². The van der Waals surface area contributed by atoms with Crippen LogP contribution >= 0.6 is 11.6 Å². The van der Waals surface area contributed by atoms with E-state index in [0.717, 1.165) is 0 Å². The highest BCUT2D eigenvalue weighted by atomic mass is 35.5. The second-order valence-electron chi connectivity index (χ2n) is 2.62. The average molecular weight is 190 g/mol. The molecule has 0 saturated carbocycles. The van der Waals surface area contributed by atoms with Crippen molar-refractivity contribution in [3.8, 4) is 5.75 Å². The Kier molecular flexibility index (Phi) is 2.55. The molecule has 3 N–H and O–H groups in total. The maximum atomic E-state index is 12.8. The molecular weight excluding hydrogens is 181 g/mol. The van der Waals surface area contributed by atoms with Gasteiger partial charge in [0, 0.05) is 6.04 Å². The van der Waals surface area contributed by atoms with E-state index >= 15 is 0 Å². The summed E-state index contributed by atoms with van der Waals surface area (Å²) < 4.78 is 12.8. The maximum absolute atomic E-state index is 12.8. The summed E-state index contributed by atoms with van der Waals surface area (Å²) in [4.78, 5) is 0. The Morgan fingerprint density at radius 3 is 2.58 bits per heavy atom. The molecule has 1 aromatic carbocycles. The number of rotatable bonds is 1. The molecule has 1 atom stereocenters. The maximum Gasteiger partial charge on any atom is 0.170 e. The first-order valence-corrected chi connectivity index (χ1v) is 3.83. The number of hydrogen-bond donors (Lipinski definition) is 2. The minimum atomic E-state index is -0.741. The molecule has 1 aromatic rings. The highest BCUT2D eigenvalue weighted by Crippen LogP contribution is 2.29. The van der Waals surface area contributed by atoms with Crippen molar-refractivity contribution in [2.24, 2.45) is 5.73 Å². The SMILES string of the molecule is CC(N)c1cc(F)c(O)c(Cl)c1. The van der Waals surface area contributed by atoms with Gasteiger partial charge in [-0.3, -0.25) is 0 Å². The van der Waals surface area contributed by atoms with Crippen LogP contribution in [0.15, 0.2) is 12.1 Å². The molecule has 2 nitrogen and oxygen atoms in total. The molecule has 0 radical (unpaired) electrons. The minimum Gasteiger partial charge on any atom is -0.504 e. The minimum absolute atomic E-state index is 0.0118. The van der Waals surface area contributed by atoms with Crippen molar-refractivity contribution in [2.75, 3.05) is 0 Å². The second kappa shape index (κ2) is 3.29. The number of phenols is 1. The molecule has 1 rings (SSSR count). The molecule has 0 bridgehead atoms. The molecule has 4 heteroatoms. The Morgan fingerprint density at radius 1 is 1.58 bits per heavy atom. The van der Waals surface area contributed by atoms with Crippen LogP contribution in [0.1, 0.15) is 18.5 Å². The number of aromatic hydroxyl groups is 1. The van der Waals surface area contributed by atoms with E-state index < -0.39 is 11.6 Å². The van der Waals surface area contributed by atoms with Gasteiger partial charge in [0.25, 0.3) is 0 Å². The largest absolute Gasteiger partial charge is 0.504 e. The van der Waals surface area contributed by atoms with Crippen molar-refractivity contribution in [1.82, 2.24) is 0 Å². The first-order chi connectivity index (χ1) is 5.52. The van der Waals surface area contributed by atoms with Gasteiger partial charge in [-0.05, 0) is 24.6 Å². The summed E-state index contributed by atoms with van der Waals surface area (Å²) in [6.07, 6.45) is 0. The van der Waals surface area contributed by atoms with Gasteiger partial charge in [0.2, 0.25) is 0 Å². The fourth-order valence-electron chi connectivity index (χ4n) is 0.848. The van der Waals surface area contributed by atoms with Crippen LogP contribution in [0.25, 0.3) is 0 Å². The van der Waals surface area contributed by atoms with Gasteiger partial charge in [-0.25, -0.2) is 4.39 Å². The lowest BCUT2D eigenvalue weighted by atomic mass is 10.1. The summed E-state index contributed by atoms with van der Waals surface area (Å²) in [5.41, 5.74) is 6.06. The highest BCUT2D eigenvalue weighted by molar-refractivity contribution is 6.32. The molecule has 0 amide bonds. The lowest BCUT2D eigenvalue weighted by Gasteiger charge is -2.07. The molecule has 12 heavy (non-hydrogen) atoms. The number of nitrogens with two attached hydrogens (primary N) is 1. The van der Waals surface area contributed by atoms with E-state index in [1.807, 2.05) is 0 Å². The Hall–Kier alpha value is -0.800. The van der Waals surface area contributed by atoms with Crippen LogP contribution in [-0.4, -0.2) is 5.11 Å². The predicted octanol–water partition coefficient (Wildman–Crippen LogP) is 2.20. The van der Waals surface area contributed by atoms with Gasteiger partial charge < -0.3 is 10.8 Å². The van der Waals surface area contributed by atoms with Gasteiger partial charge in [-0.15, -0.1) is 0 Å². The molecule has 0 aromatic heterocycles. The summed E-state index contributed by atoms with van der Waals surface area (Å²) in [5, 5.41) is 8.95. The zero-order valence-corrected chi connectivity index (χ0v) is 7.27. The summed E-state index contributed by atoms with van der Waals surface area (Å²) >= 11 is 5.52. The van der Waals surface area contributed by atoms with Crippen LogP contribution < -0.4 is 5.73 Å². The van der Waals surface area contributed by atoms with Gasteiger partial charge >= 0.3 is 0 Å². The second-order valence-corrected chi connectivity index (χ2v) is 3.03. The van der Waals surface area contributed by atoms with Gasteiger partial charge in [-0.2, -0.15) is 0 Å². The zero-order chi connectivity index (χ0) is 9.30. The number of phenolic OH excluding ortho intramolecular Hbond substituents is 1. The van der Waals surface area contributed by atoms with E-state index in [1.54, 1.807) is 6.92 Å². The van der Waals surface area contributed by atoms with Crippen LogP contribution in [0.3, 0.4) is 0 Å². The van der Waals surface area contributed by atoms with E-state index in [1.165, 1.54) is 12.1 Å². The third-order valence-corrected chi connectivity index (χ3v) is 1.85. The molecule has 66 valence electrons. The fourth-order valence-corrected chi connectivity index (χ4v) is 1.06. The molecular formula is C8H9ClFNO. The average Bonchev–Trinajstić information content (AvgIpc) is 1.99. The molecule has 0 fully saturated rings. The molecule has 0 spiro atoms. The van der Waals surface area contributed by atoms with Crippen LogP contribution in [-0.2, 0) is 0 Å². The zero-order valence-electron chi connectivity index (χ0n) is 6.51. The van der Waals surface area contributed by atoms with Gasteiger partial charge in [0.15, 0.2) is 11.6 Å². The predicted molar refractivity (Wildman–Crippen MR) is 45.7 cm³/mol. The van der Waals surface area contributed by atoms with Gasteiger partial charge in [0.1, 0.15) is 0 Å². The Morgan fingerprint density at radius 2 is 2.17 bits per heavy atom. The Balaban J connectivity index is 3.21. The molecule has 1 unspecified atom stereocenters. The summed E-state index contributed by atoms with van der Waals surface area (Å²) in [5.74, 6) is -1.27. The molecule has 0 aliphatic carbocycles. The molecule has 0 saturated heterocycles. The van der Waals surface area contributed by atoms with Crippen LogP contribution in [0.4, 0.5) is 4.39 Å². The standard InChI is InChI=1S/C8H9ClFNO/c1-4(11)5-2-6(9)8(12)7(10)3-5/h2-4,12H,11H2,1H3. The van der Waals surface area contributed by atoms with Crippen molar-refractivity contribution in [3.63, 3.8) is 0 Å². The van der Waals surface area contributed by atoms with Crippen LogP contribution in [0.5, 0.6) is 5.75 Å². The van der Waals surface area contributed by atoms with Crippen molar-refractivity contribution < 1.29 is 9.50 Å². The summed E-state index contributed by atoms with van der Waals surface area (Å²) in [7, 11) is 0. The van der Waals surface area contributed by atoms with Crippen molar-refractivity contribution in [1.29, 1.82) is 0 Å². The third-order valence-electron chi connectivity index (χ3n) is 1.57. The quantitative estimate of drug-likeness (QED) is 0.712. The highest BCUT2D eigenvalue weighted by Gasteiger charge is 2.09. The van der Waals surface area contributed by atoms with Gasteiger partial charge in [-0.1, -0.05) is 11.6 Å². The Labute approximate surface area is 74.8 Å². The lowest BCUT2D eigenvalue weighted by Crippen LogP contribution is -2.05. The van der Waals surface area contributed by atoms with E-state index in [4.69, 9.17) is 22.4 Å². The number of hydrogen-bond acceptors (Lipinski definition) is 2. The fraction of sp³-hybridized carbons (Fsp3) is 0.250. The first kappa shape index (κ1) is 9.29. The monoisotopic (exact) mass is 189 g/mol. The Bertz CT molecular complexity index is 278. The number of halogens is 2. The topological polar surface area (TPSA) is 46.2 Å². The molecule has 0 heterocycles. The molecule has 0 aliphatic rings. The van der Waals surface area contributed by atoms with Gasteiger partial charge in [0.05, 0.1) is 5.02 Å². The van der Waals surface area contributed by atoms with Crippen molar-refractivity contribution >= 4 is 11.6 Å². The van der Waals surface area contributed by atoms with E-state index in [2.05, 4.69) is 0 Å². The first-order valence-electron chi connectivity index (χ1n) is 3.46. The summed E-state index contributed by atoms with van der Waals surface area (Å²) in [6, 6.07) is 2.33. The van der Waals surface area contributed by atoms with Crippen LogP contribution in [0.2, 0.25) is 5.02 Å². The number of benzene rings is 1. The summed E-state index contributed by atoms with van der Waals surface area (Å²) in [6.45, 7) is 1.71. The van der Waals surface area contributed by atoms with E-state index in [9.17, 15) is 4.39 Å². The van der Waals surface area contributed by atoms with Crippen molar-refractivity contribution in [3.05, 3.63) is 28.5 Å².